The third-order valence-electron chi connectivity index (χ3n) is 2.18. The first-order valence-corrected chi connectivity index (χ1v) is 5.46. The molecule has 2 rings (SSSR count). The minimum absolute atomic E-state index is 0. The molecule has 0 aliphatic heterocycles. The molecule has 0 bridgehead atoms. The average molecular weight is 452 g/mol. The highest BCUT2D eigenvalue weighted by Crippen LogP contribution is 2.28. The highest BCUT2D eigenvalue weighted by molar-refractivity contribution is 14.1. The first kappa shape index (κ1) is 13.4. The third kappa shape index (κ3) is 2.10. The Hall–Kier alpha value is 0.370. The van der Waals surface area contributed by atoms with Crippen molar-refractivity contribution >= 4 is 45.1 Å². The second-order valence-corrected chi connectivity index (χ2v) is 4.71. The Kier molecular flexibility index (Phi) is 4.21. The van der Waals surface area contributed by atoms with Crippen molar-refractivity contribution in [2.75, 3.05) is 0 Å². The van der Waals surface area contributed by atoms with Gasteiger partial charge in [-0.1, -0.05) is 0 Å². The number of halogens is 4. The molecule has 0 aliphatic carbocycles. The van der Waals surface area contributed by atoms with E-state index in [0.717, 1.165) is 8.96 Å². The monoisotopic (exact) mass is 452 g/mol. The molecule has 0 atom stereocenters. The van der Waals surface area contributed by atoms with Crippen molar-refractivity contribution in [2.45, 2.75) is 0 Å². The molecule has 0 unspecified atom stereocenters. The fraction of sp³-hybridized carbons (Fsp3) is 0.222. The summed E-state index contributed by atoms with van der Waals surface area (Å²) in [6.07, 6.45) is 3.25. The van der Waals surface area contributed by atoms with Gasteiger partial charge in [0.2, 0.25) is 12.0 Å². The van der Waals surface area contributed by atoms with Crippen LogP contribution in [-0.4, -0.2) is 4.57 Å². The van der Waals surface area contributed by atoms with Crippen LogP contribution in [0.15, 0.2) is 12.4 Å². The Balaban J connectivity index is 0.00000112. The molecule has 0 saturated carbocycles. The normalized spacial score (nSPS) is 10.5. The molecule has 82 valence electrons. The predicted octanol–water partition coefficient (Wildman–Crippen LogP) is -0.596. The molecule has 0 aromatic carbocycles. The van der Waals surface area contributed by atoms with Gasteiger partial charge in [0.1, 0.15) is 12.4 Å². The van der Waals surface area contributed by atoms with Gasteiger partial charge in [-0.25, -0.2) is 0 Å². The van der Waals surface area contributed by atoms with Crippen LogP contribution in [0, 0.1) is 9.39 Å². The summed E-state index contributed by atoms with van der Waals surface area (Å²) in [5.74, 6) is -0.252. The second-order valence-electron chi connectivity index (χ2n) is 3.19. The van der Waals surface area contributed by atoms with E-state index in [2.05, 4.69) is 22.6 Å². The minimum atomic E-state index is -0.252. The van der Waals surface area contributed by atoms with Crippen molar-refractivity contribution in [3.63, 3.8) is 0 Å². The van der Waals surface area contributed by atoms with Gasteiger partial charge in [0, 0.05) is 16.8 Å². The van der Waals surface area contributed by atoms with E-state index in [9.17, 15) is 4.39 Å². The lowest BCUT2D eigenvalue weighted by molar-refractivity contribution is -0.669. The van der Waals surface area contributed by atoms with E-state index in [-0.39, 0.29) is 29.8 Å². The van der Waals surface area contributed by atoms with Gasteiger partial charge in [0.15, 0.2) is 0 Å². The smallest absolute Gasteiger partial charge is 0.285 e. The van der Waals surface area contributed by atoms with E-state index in [1.807, 2.05) is 13.2 Å². The van der Waals surface area contributed by atoms with Gasteiger partial charge < -0.3 is 28.5 Å². The summed E-state index contributed by atoms with van der Waals surface area (Å²) < 4.78 is 17.9. The minimum Gasteiger partial charge on any atom is -1.00 e. The van der Waals surface area contributed by atoms with E-state index in [1.54, 1.807) is 16.2 Å². The standard InChI is InChI=1S/C9H8ClFIN2.HI/c1-13-4-6(12)7-8(13)5(11)3-14(2)9(7)10;/h3-4H,1-2H3;1H/q+1;/p-1. The number of aromatic nitrogens is 2. The van der Waals surface area contributed by atoms with Crippen molar-refractivity contribution in [2.24, 2.45) is 14.1 Å². The highest BCUT2D eigenvalue weighted by atomic mass is 127. The molecule has 0 spiro atoms. The zero-order valence-electron chi connectivity index (χ0n) is 8.06. The lowest BCUT2D eigenvalue weighted by atomic mass is 10.3. The van der Waals surface area contributed by atoms with Crippen LogP contribution >= 0.6 is 34.2 Å². The van der Waals surface area contributed by atoms with Crippen LogP contribution in [0.5, 0.6) is 0 Å². The van der Waals surface area contributed by atoms with Crippen molar-refractivity contribution < 1.29 is 32.9 Å². The topological polar surface area (TPSA) is 8.81 Å². The number of fused-ring (bicyclic) bond motifs is 1. The van der Waals surface area contributed by atoms with E-state index in [0.29, 0.717) is 10.7 Å². The SMILES string of the molecule is Cn1cc(I)c2c(Cl)[n+](C)cc(F)c21.[I-]. The molecule has 2 nitrogen and oxygen atoms in total. The Morgan fingerprint density at radius 3 is 2.73 bits per heavy atom. The Labute approximate surface area is 123 Å². The van der Waals surface area contributed by atoms with Crippen molar-refractivity contribution in [3.05, 3.63) is 26.9 Å². The largest absolute Gasteiger partial charge is 1.00 e. The summed E-state index contributed by atoms with van der Waals surface area (Å²) in [5, 5.41) is 1.34. The molecule has 6 heteroatoms. The molecule has 0 radical (unpaired) electrons. The fourth-order valence-corrected chi connectivity index (χ4v) is 2.87. The van der Waals surface area contributed by atoms with Crippen LogP contribution in [-0.2, 0) is 14.1 Å². The lowest BCUT2D eigenvalue weighted by Crippen LogP contribution is -3.00. The van der Waals surface area contributed by atoms with Gasteiger partial charge in [-0.2, -0.15) is 8.96 Å². The van der Waals surface area contributed by atoms with E-state index in [1.165, 1.54) is 6.20 Å². The van der Waals surface area contributed by atoms with Gasteiger partial charge in [0.05, 0.1) is 5.52 Å². The second kappa shape index (κ2) is 4.70. The quantitative estimate of drug-likeness (QED) is 0.287. The molecule has 0 saturated heterocycles. The molecule has 2 aromatic heterocycles. The van der Waals surface area contributed by atoms with Crippen LogP contribution in [0.1, 0.15) is 0 Å². The average Bonchev–Trinajstić information content (AvgIpc) is 2.38. The molecular formula is C9H8ClFI2N2. The maximum Gasteiger partial charge on any atom is 0.285 e. The first-order valence-electron chi connectivity index (χ1n) is 4.00. The zero-order valence-corrected chi connectivity index (χ0v) is 13.1. The summed E-state index contributed by atoms with van der Waals surface area (Å²) in [6, 6.07) is 0. The zero-order chi connectivity index (χ0) is 10.5. The molecular weight excluding hydrogens is 444 g/mol. The Bertz CT molecular complexity index is 525. The first-order chi connectivity index (χ1) is 6.52. The van der Waals surface area contributed by atoms with Crippen LogP contribution in [0.3, 0.4) is 0 Å². The van der Waals surface area contributed by atoms with Gasteiger partial charge in [-0.15, -0.1) is 0 Å². The molecule has 15 heavy (non-hydrogen) atoms. The third-order valence-corrected chi connectivity index (χ3v) is 3.46. The molecule has 0 amide bonds. The molecule has 0 aliphatic rings. The lowest BCUT2D eigenvalue weighted by Gasteiger charge is -1.98. The highest BCUT2D eigenvalue weighted by Gasteiger charge is 2.20. The summed E-state index contributed by atoms with van der Waals surface area (Å²) >= 11 is 8.25. The van der Waals surface area contributed by atoms with Gasteiger partial charge >= 0.3 is 0 Å². The maximum atomic E-state index is 13.6. The number of hydrogen-bond donors (Lipinski definition) is 0. The molecule has 2 aromatic rings. The summed E-state index contributed by atoms with van der Waals surface area (Å²) in [6.45, 7) is 0. The summed E-state index contributed by atoms with van der Waals surface area (Å²) in [4.78, 5) is 0. The molecule has 2 heterocycles. The van der Waals surface area contributed by atoms with Crippen LogP contribution in [0.2, 0.25) is 5.15 Å². The number of pyridine rings is 1. The van der Waals surface area contributed by atoms with E-state index in [4.69, 9.17) is 11.6 Å². The number of nitrogens with zero attached hydrogens (tertiary/aromatic N) is 2. The van der Waals surface area contributed by atoms with Crippen LogP contribution < -0.4 is 28.5 Å². The van der Waals surface area contributed by atoms with Crippen LogP contribution in [0.4, 0.5) is 4.39 Å². The number of hydrogen-bond acceptors (Lipinski definition) is 0. The van der Waals surface area contributed by atoms with E-state index >= 15 is 0 Å². The van der Waals surface area contributed by atoms with Crippen molar-refractivity contribution in [3.8, 4) is 0 Å². The van der Waals surface area contributed by atoms with Crippen molar-refractivity contribution in [1.29, 1.82) is 0 Å². The maximum absolute atomic E-state index is 13.6. The summed E-state index contributed by atoms with van der Waals surface area (Å²) in [7, 11) is 3.54. The van der Waals surface area contributed by atoms with Crippen molar-refractivity contribution in [1.82, 2.24) is 4.57 Å². The predicted molar refractivity (Wildman–Crippen MR) is 61.8 cm³/mol. The van der Waals surface area contributed by atoms with Gasteiger partial charge in [0.25, 0.3) is 5.15 Å². The van der Waals surface area contributed by atoms with Gasteiger partial charge in [-0.05, 0) is 34.2 Å². The summed E-state index contributed by atoms with van der Waals surface area (Å²) in [5.41, 5.74) is 0.553. The van der Waals surface area contributed by atoms with Gasteiger partial charge in [-0.3, -0.25) is 0 Å². The fourth-order valence-electron chi connectivity index (χ4n) is 1.54. The number of rotatable bonds is 0. The Morgan fingerprint density at radius 2 is 2.13 bits per heavy atom. The molecule has 0 fully saturated rings. The molecule has 0 N–H and O–H groups in total. The number of aryl methyl sites for hydroxylation is 2. The van der Waals surface area contributed by atoms with E-state index < -0.39 is 0 Å². The van der Waals surface area contributed by atoms with Crippen LogP contribution in [0.25, 0.3) is 10.9 Å². The Morgan fingerprint density at radius 1 is 1.53 bits per heavy atom.